The lowest BCUT2D eigenvalue weighted by Crippen LogP contribution is -2.52. The van der Waals surface area contributed by atoms with Gasteiger partial charge in [0.2, 0.25) is 11.8 Å². The SMILES string of the molecule is CC[C@@H](C(=O)NCC(C)C)N(Cc1cccc(OC)c1)C(=O)CN(c1ccc(OC)c(Cl)c1)S(=O)(=O)c1ccc(C)cc1. The first-order valence-corrected chi connectivity index (χ1v) is 15.9. The fraction of sp³-hybridized carbons (Fsp3) is 0.375. The van der Waals surface area contributed by atoms with Gasteiger partial charge in [-0.25, -0.2) is 8.42 Å². The molecule has 232 valence electrons. The highest BCUT2D eigenvalue weighted by molar-refractivity contribution is 7.92. The molecule has 1 atom stereocenters. The van der Waals surface area contributed by atoms with Crippen molar-refractivity contribution in [2.45, 2.75) is 51.6 Å². The number of hydrogen-bond donors (Lipinski definition) is 1. The van der Waals surface area contributed by atoms with Crippen molar-refractivity contribution in [3.8, 4) is 11.5 Å². The molecule has 0 heterocycles. The first-order valence-electron chi connectivity index (χ1n) is 14.0. The van der Waals surface area contributed by atoms with Gasteiger partial charge in [-0.1, -0.05) is 62.2 Å². The Morgan fingerprint density at radius 1 is 0.977 bits per heavy atom. The third-order valence-corrected chi connectivity index (χ3v) is 8.95. The maximum atomic E-state index is 14.2. The molecule has 0 aromatic heterocycles. The quantitative estimate of drug-likeness (QED) is 0.255. The van der Waals surface area contributed by atoms with E-state index < -0.39 is 28.5 Å². The van der Waals surface area contributed by atoms with Gasteiger partial charge in [-0.05, 0) is 67.3 Å². The number of nitrogens with one attached hydrogen (secondary N) is 1. The van der Waals surface area contributed by atoms with Gasteiger partial charge in [0.1, 0.15) is 24.1 Å². The van der Waals surface area contributed by atoms with Crippen LogP contribution in [0.4, 0.5) is 5.69 Å². The van der Waals surface area contributed by atoms with Crippen LogP contribution >= 0.6 is 11.6 Å². The van der Waals surface area contributed by atoms with E-state index in [0.29, 0.717) is 24.5 Å². The van der Waals surface area contributed by atoms with E-state index in [1.807, 2.05) is 33.8 Å². The Morgan fingerprint density at radius 3 is 2.26 bits per heavy atom. The van der Waals surface area contributed by atoms with Crippen molar-refractivity contribution in [1.82, 2.24) is 10.2 Å². The number of ether oxygens (including phenoxy) is 2. The minimum Gasteiger partial charge on any atom is -0.497 e. The zero-order valence-electron chi connectivity index (χ0n) is 25.5. The number of nitrogens with zero attached hydrogens (tertiary/aromatic N) is 2. The lowest BCUT2D eigenvalue weighted by atomic mass is 10.1. The molecule has 0 bridgehead atoms. The third kappa shape index (κ3) is 8.64. The Labute approximate surface area is 259 Å². The fourth-order valence-corrected chi connectivity index (χ4v) is 6.14. The van der Waals surface area contributed by atoms with Crippen LogP contribution in [0.15, 0.2) is 71.6 Å². The number of aryl methyl sites for hydroxylation is 1. The molecular formula is C32H40ClN3O6S. The number of methoxy groups -OCH3 is 2. The van der Waals surface area contributed by atoms with Crippen molar-refractivity contribution in [3.63, 3.8) is 0 Å². The highest BCUT2D eigenvalue weighted by Crippen LogP contribution is 2.32. The zero-order valence-corrected chi connectivity index (χ0v) is 27.0. The van der Waals surface area contributed by atoms with Crippen LogP contribution in [0.1, 0.15) is 38.3 Å². The molecule has 0 aliphatic carbocycles. The first kappa shape index (κ1) is 33.7. The number of benzene rings is 3. The molecule has 1 N–H and O–H groups in total. The van der Waals surface area contributed by atoms with Gasteiger partial charge in [-0.15, -0.1) is 0 Å². The normalized spacial score (nSPS) is 12.0. The van der Waals surface area contributed by atoms with E-state index in [-0.39, 0.29) is 34.0 Å². The predicted molar refractivity (Wildman–Crippen MR) is 169 cm³/mol. The zero-order chi connectivity index (χ0) is 31.7. The van der Waals surface area contributed by atoms with Crippen LogP contribution < -0.4 is 19.1 Å². The van der Waals surface area contributed by atoms with Crippen LogP contribution in [0.25, 0.3) is 0 Å². The van der Waals surface area contributed by atoms with Crippen molar-refractivity contribution < 1.29 is 27.5 Å². The molecule has 11 heteroatoms. The van der Waals surface area contributed by atoms with Gasteiger partial charge in [-0.3, -0.25) is 13.9 Å². The molecule has 0 unspecified atom stereocenters. The summed E-state index contributed by atoms with van der Waals surface area (Å²) in [6.45, 7) is 7.56. The van der Waals surface area contributed by atoms with Gasteiger partial charge in [0.05, 0.1) is 29.8 Å². The summed E-state index contributed by atoms with van der Waals surface area (Å²) in [5.41, 5.74) is 1.79. The Morgan fingerprint density at radius 2 is 1.67 bits per heavy atom. The summed E-state index contributed by atoms with van der Waals surface area (Å²) in [4.78, 5) is 29.0. The topological polar surface area (TPSA) is 105 Å². The lowest BCUT2D eigenvalue weighted by molar-refractivity contribution is -0.140. The molecule has 0 saturated carbocycles. The number of carbonyl (C=O) groups is 2. The molecule has 0 radical (unpaired) electrons. The molecule has 3 aromatic rings. The highest BCUT2D eigenvalue weighted by atomic mass is 35.5. The van der Waals surface area contributed by atoms with Gasteiger partial charge in [0.15, 0.2) is 0 Å². The average molecular weight is 630 g/mol. The molecule has 9 nitrogen and oxygen atoms in total. The van der Waals surface area contributed by atoms with Crippen molar-refractivity contribution in [1.29, 1.82) is 0 Å². The van der Waals surface area contributed by atoms with Crippen LogP contribution in [0.2, 0.25) is 5.02 Å². The first-order chi connectivity index (χ1) is 20.4. The molecule has 0 spiro atoms. The minimum atomic E-state index is -4.23. The number of halogens is 1. The lowest BCUT2D eigenvalue weighted by Gasteiger charge is -2.33. The second-order valence-electron chi connectivity index (χ2n) is 10.6. The summed E-state index contributed by atoms with van der Waals surface area (Å²) >= 11 is 6.39. The summed E-state index contributed by atoms with van der Waals surface area (Å²) in [6, 6.07) is 17.2. The van der Waals surface area contributed by atoms with E-state index in [4.69, 9.17) is 21.1 Å². The molecule has 0 aliphatic rings. The molecule has 0 saturated heterocycles. The molecule has 0 fully saturated rings. The monoisotopic (exact) mass is 629 g/mol. The third-order valence-electron chi connectivity index (χ3n) is 6.87. The molecule has 43 heavy (non-hydrogen) atoms. The Bertz CT molecular complexity index is 1510. The van der Waals surface area contributed by atoms with Crippen LogP contribution in [-0.2, 0) is 26.2 Å². The van der Waals surface area contributed by atoms with Crippen LogP contribution in [0.3, 0.4) is 0 Å². The number of hydrogen-bond acceptors (Lipinski definition) is 6. The summed E-state index contributed by atoms with van der Waals surface area (Å²) in [7, 11) is -1.23. The van der Waals surface area contributed by atoms with Crippen LogP contribution in [-0.4, -0.2) is 58.5 Å². The Kier molecular flexibility index (Phi) is 11.9. The summed E-state index contributed by atoms with van der Waals surface area (Å²) < 4.78 is 39.7. The van der Waals surface area contributed by atoms with Crippen molar-refractivity contribution in [3.05, 3.63) is 82.9 Å². The van der Waals surface area contributed by atoms with Crippen LogP contribution in [0, 0.1) is 12.8 Å². The van der Waals surface area contributed by atoms with E-state index in [2.05, 4.69) is 5.32 Å². The van der Waals surface area contributed by atoms with E-state index in [0.717, 1.165) is 15.4 Å². The van der Waals surface area contributed by atoms with E-state index >= 15 is 0 Å². The van der Waals surface area contributed by atoms with E-state index in [1.165, 1.54) is 36.3 Å². The van der Waals surface area contributed by atoms with Gasteiger partial charge in [0.25, 0.3) is 10.0 Å². The smallest absolute Gasteiger partial charge is 0.264 e. The second-order valence-corrected chi connectivity index (χ2v) is 12.8. The summed E-state index contributed by atoms with van der Waals surface area (Å²) in [5.74, 6) is 0.291. The van der Waals surface area contributed by atoms with Crippen molar-refractivity contribution in [2.24, 2.45) is 5.92 Å². The average Bonchev–Trinajstić information content (AvgIpc) is 2.98. The van der Waals surface area contributed by atoms with Gasteiger partial charge in [-0.2, -0.15) is 0 Å². The second kappa shape index (κ2) is 15.1. The largest absolute Gasteiger partial charge is 0.497 e. The van der Waals surface area contributed by atoms with E-state index in [9.17, 15) is 18.0 Å². The summed E-state index contributed by atoms with van der Waals surface area (Å²) in [5, 5.41) is 3.11. The number of carbonyl (C=O) groups excluding carboxylic acids is 2. The standard InChI is InChI=1S/C32H40ClN3O6S/c1-7-29(32(38)34-19-22(2)3)35(20-24-9-8-10-26(17-24)41-5)31(37)21-36(25-13-16-30(42-6)28(33)18-25)43(39,40)27-14-11-23(4)12-15-27/h8-18,22,29H,7,19-21H2,1-6H3,(H,34,38)/t29-/m0/s1. The molecule has 3 aromatic carbocycles. The number of anilines is 1. The van der Waals surface area contributed by atoms with Crippen LogP contribution in [0.5, 0.6) is 11.5 Å². The van der Waals surface area contributed by atoms with Gasteiger partial charge in [0, 0.05) is 13.1 Å². The highest BCUT2D eigenvalue weighted by Gasteiger charge is 2.34. The van der Waals surface area contributed by atoms with Gasteiger partial charge >= 0.3 is 0 Å². The summed E-state index contributed by atoms with van der Waals surface area (Å²) in [6.07, 6.45) is 0.318. The van der Waals surface area contributed by atoms with Gasteiger partial charge < -0.3 is 19.7 Å². The Hall–Kier alpha value is -3.76. The molecular weight excluding hydrogens is 590 g/mol. The van der Waals surface area contributed by atoms with E-state index in [1.54, 1.807) is 43.5 Å². The Balaban J connectivity index is 2.09. The molecule has 2 amide bonds. The predicted octanol–water partition coefficient (Wildman–Crippen LogP) is 5.44. The molecule has 0 aliphatic heterocycles. The minimum absolute atomic E-state index is 0.0129. The maximum absolute atomic E-state index is 14.2. The number of amides is 2. The molecule has 3 rings (SSSR count). The number of sulfonamides is 1. The maximum Gasteiger partial charge on any atom is 0.264 e. The number of rotatable bonds is 14. The van der Waals surface area contributed by atoms with Crippen molar-refractivity contribution in [2.75, 3.05) is 31.6 Å². The van der Waals surface area contributed by atoms with Crippen molar-refractivity contribution >= 4 is 39.1 Å². The fourth-order valence-electron chi connectivity index (χ4n) is 4.49.